The number of fused-ring (bicyclic) bond motifs is 3. The third kappa shape index (κ3) is 3.85. The molecule has 4 N–H and O–H groups in total. The number of carbonyl (C=O) groups is 1. The molecule has 5 saturated carbocycles. The molecule has 6 fully saturated rings. The van der Waals surface area contributed by atoms with E-state index in [1.165, 1.54) is 0 Å². The number of carbonyl (C=O) groups excluding carboxylic acids is 1. The van der Waals surface area contributed by atoms with Gasteiger partial charge in [0.25, 0.3) is 0 Å². The van der Waals surface area contributed by atoms with Crippen LogP contribution in [0.4, 0.5) is 0 Å². The Labute approximate surface area is 252 Å². The highest BCUT2D eigenvalue weighted by atomic mass is 16.6. The summed E-state index contributed by atoms with van der Waals surface area (Å²) in [6.45, 7) is 16.2. The van der Waals surface area contributed by atoms with Gasteiger partial charge in [0.2, 0.25) is 0 Å². The first-order valence-corrected chi connectivity index (χ1v) is 16.7. The first-order valence-electron chi connectivity index (χ1n) is 16.7. The lowest BCUT2D eigenvalue weighted by Gasteiger charge is -2.68. The van der Waals surface area contributed by atoms with Gasteiger partial charge in [0.15, 0.2) is 6.29 Å². The highest BCUT2D eigenvalue weighted by molar-refractivity contribution is 5.87. The minimum Gasteiger partial charge on any atom is -0.458 e. The summed E-state index contributed by atoms with van der Waals surface area (Å²) in [4.78, 5) is 12.8. The molecular weight excluding hydrogens is 532 g/mol. The number of aliphatic hydroxyl groups is 4. The van der Waals surface area contributed by atoms with Crippen molar-refractivity contribution in [2.75, 3.05) is 0 Å². The average molecular weight is 589 g/mol. The van der Waals surface area contributed by atoms with E-state index < -0.39 is 30.2 Å². The van der Waals surface area contributed by atoms with Crippen LogP contribution in [-0.2, 0) is 14.3 Å². The van der Waals surface area contributed by atoms with Crippen molar-refractivity contribution in [3.63, 3.8) is 0 Å². The van der Waals surface area contributed by atoms with E-state index in [9.17, 15) is 25.2 Å². The highest BCUT2D eigenvalue weighted by Gasteiger charge is 2.85. The smallest absolute Gasteiger partial charge is 0.333 e. The Bertz CT molecular complexity index is 1140. The van der Waals surface area contributed by atoms with Gasteiger partial charge in [-0.3, -0.25) is 0 Å². The Morgan fingerprint density at radius 3 is 2.36 bits per heavy atom. The van der Waals surface area contributed by atoms with Crippen molar-refractivity contribution in [3.8, 4) is 0 Å². The van der Waals surface area contributed by atoms with Crippen LogP contribution in [0, 0.1) is 50.7 Å². The molecule has 42 heavy (non-hydrogen) atoms. The van der Waals surface area contributed by atoms with Crippen LogP contribution in [-0.4, -0.2) is 62.7 Å². The fraction of sp³-hybridized carbons (Fsp3) is 0.914. The Kier molecular flexibility index (Phi) is 7.02. The predicted molar refractivity (Wildman–Crippen MR) is 159 cm³/mol. The van der Waals surface area contributed by atoms with Crippen molar-refractivity contribution in [2.45, 2.75) is 149 Å². The van der Waals surface area contributed by atoms with Crippen LogP contribution in [0.1, 0.15) is 113 Å². The number of esters is 1. The van der Waals surface area contributed by atoms with Crippen LogP contribution in [0.15, 0.2) is 11.6 Å². The van der Waals surface area contributed by atoms with Gasteiger partial charge < -0.3 is 29.9 Å². The average Bonchev–Trinajstić information content (AvgIpc) is 3.28. The number of allylic oxidation sites excluding steroid dienone is 1. The minimum absolute atomic E-state index is 0.0511. The molecule has 0 aromatic carbocycles. The Balaban J connectivity index is 1.26. The van der Waals surface area contributed by atoms with Crippen LogP contribution >= 0.6 is 0 Å². The number of hydrogen-bond acceptors (Lipinski definition) is 7. The van der Waals surface area contributed by atoms with Gasteiger partial charge >= 0.3 is 5.97 Å². The van der Waals surface area contributed by atoms with Crippen molar-refractivity contribution < 1.29 is 34.7 Å². The summed E-state index contributed by atoms with van der Waals surface area (Å²) in [7, 11) is 0. The van der Waals surface area contributed by atoms with E-state index >= 15 is 0 Å². The fourth-order valence-corrected chi connectivity index (χ4v) is 12.5. The van der Waals surface area contributed by atoms with Crippen LogP contribution in [0.3, 0.4) is 0 Å². The lowest BCUT2D eigenvalue weighted by molar-refractivity contribution is -0.245. The third-order valence-corrected chi connectivity index (χ3v) is 14.9. The summed E-state index contributed by atoms with van der Waals surface area (Å²) in [6.07, 6.45) is 7.13. The molecule has 7 heteroatoms. The number of ether oxygens (including phenoxy) is 2. The van der Waals surface area contributed by atoms with Crippen LogP contribution < -0.4 is 0 Å². The van der Waals surface area contributed by atoms with E-state index in [0.717, 1.165) is 51.4 Å². The molecule has 238 valence electrons. The van der Waals surface area contributed by atoms with E-state index in [2.05, 4.69) is 27.7 Å². The summed E-state index contributed by atoms with van der Waals surface area (Å²) < 4.78 is 12.0. The zero-order valence-corrected chi connectivity index (χ0v) is 27.2. The molecule has 0 aromatic heterocycles. The van der Waals surface area contributed by atoms with Crippen LogP contribution in [0.2, 0.25) is 0 Å². The SMILES string of the molecule is C/C=C(\C)C(=O)O[C@@H]1CC[C@]2(C)[C@H]3CC[C@@]45C[C@]4(CC[C@H]5[C@@H]4C[C@H]([C@@H](O)C(C)(C)O)OC4O)[C@]3(C)[C@H](O)C[C@H]2C1(C)C. The minimum atomic E-state index is -1.29. The normalized spacial score (nSPS) is 52.0. The largest absolute Gasteiger partial charge is 0.458 e. The molecule has 6 rings (SSSR count). The molecule has 5 aliphatic carbocycles. The number of rotatable bonds is 5. The maximum absolute atomic E-state index is 12.8. The standard InChI is InChI=1S/C35H56O7/c1-9-19(2)28(38)42-26-12-13-32(7)23-11-14-34-18-35(34,33(23,8)25(36)17-24(32)30(26,3)4)15-10-21(34)20-16-22(41-29(20)39)27(37)31(5,6)40/h9,20-27,29,36-37,39-40H,10-18H2,1-8H3/b19-9+/t20-,21-,22+,23+,24-,25+,26+,27+,29?,32+,33-,34-,35+/m0/s1. The first kappa shape index (κ1) is 31.0. The zero-order chi connectivity index (χ0) is 30.8. The maximum atomic E-state index is 12.8. The number of aliphatic hydroxyl groups excluding tert-OH is 3. The van der Waals surface area contributed by atoms with Gasteiger partial charge in [0, 0.05) is 22.3 Å². The summed E-state index contributed by atoms with van der Waals surface area (Å²) in [5.41, 5.74) is -0.895. The molecule has 0 radical (unpaired) electrons. The van der Waals surface area contributed by atoms with Crippen molar-refractivity contribution in [2.24, 2.45) is 50.7 Å². The lowest BCUT2D eigenvalue weighted by Crippen LogP contribution is -2.66. The first-order chi connectivity index (χ1) is 19.4. The Morgan fingerprint density at radius 1 is 1.02 bits per heavy atom. The molecule has 1 heterocycles. The van der Waals surface area contributed by atoms with E-state index in [-0.39, 0.29) is 51.0 Å². The summed E-state index contributed by atoms with van der Waals surface area (Å²) >= 11 is 0. The molecule has 0 bridgehead atoms. The molecular formula is C35H56O7. The number of hydrogen-bond donors (Lipinski definition) is 4. The van der Waals surface area contributed by atoms with Gasteiger partial charge in [-0.15, -0.1) is 0 Å². The van der Waals surface area contributed by atoms with Gasteiger partial charge in [-0.1, -0.05) is 33.8 Å². The molecule has 0 spiro atoms. The molecule has 0 aromatic rings. The molecule has 7 nitrogen and oxygen atoms in total. The lowest BCUT2D eigenvalue weighted by atomic mass is 9.37. The topological polar surface area (TPSA) is 116 Å². The highest BCUT2D eigenvalue weighted by Crippen LogP contribution is 2.91. The quantitative estimate of drug-likeness (QED) is 0.260. The van der Waals surface area contributed by atoms with Crippen molar-refractivity contribution in [3.05, 3.63) is 11.6 Å². The van der Waals surface area contributed by atoms with E-state index in [0.29, 0.717) is 23.8 Å². The third-order valence-electron chi connectivity index (χ3n) is 14.9. The van der Waals surface area contributed by atoms with Crippen molar-refractivity contribution >= 4 is 5.97 Å². The second kappa shape index (κ2) is 9.51. The zero-order valence-electron chi connectivity index (χ0n) is 27.2. The summed E-state index contributed by atoms with van der Waals surface area (Å²) in [5.74, 6) is 0.640. The maximum Gasteiger partial charge on any atom is 0.333 e. The van der Waals surface area contributed by atoms with Gasteiger partial charge in [-0.2, -0.15) is 0 Å². The molecule has 1 aliphatic heterocycles. The van der Waals surface area contributed by atoms with Crippen LogP contribution in [0.25, 0.3) is 0 Å². The second-order valence-electron chi connectivity index (χ2n) is 17.0. The van der Waals surface area contributed by atoms with E-state index in [1.807, 2.05) is 19.9 Å². The van der Waals surface area contributed by atoms with Gasteiger partial charge in [-0.05, 0) is 119 Å². The molecule has 0 amide bonds. The van der Waals surface area contributed by atoms with E-state index in [1.54, 1.807) is 13.8 Å². The van der Waals surface area contributed by atoms with Crippen LogP contribution in [0.5, 0.6) is 0 Å². The Hall–Kier alpha value is -0.990. The molecule has 1 unspecified atom stereocenters. The summed E-state index contributed by atoms with van der Waals surface area (Å²) in [6, 6.07) is 0. The predicted octanol–water partition coefficient (Wildman–Crippen LogP) is 5.13. The van der Waals surface area contributed by atoms with Gasteiger partial charge in [0.05, 0.1) is 17.8 Å². The monoisotopic (exact) mass is 588 g/mol. The molecule has 1 saturated heterocycles. The second-order valence-corrected chi connectivity index (χ2v) is 17.0. The van der Waals surface area contributed by atoms with Gasteiger partial charge in [0.1, 0.15) is 12.2 Å². The van der Waals surface area contributed by atoms with Crippen molar-refractivity contribution in [1.82, 2.24) is 0 Å². The summed E-state index contributed by atoms with van der Waals surface area (Å²) in [5, 5.41) is 44.5. The Morgan fingerprint density at radius 2 is 1.71 bits per heavy atom. The fourth-order valence-electron chi connectivity index (χ4n) is 12.5. The van der Waals surface area contributed by atoms with Gasteiger partial charge in [-0.25, -0.2) is 4.79 Å². The van der Waals surface area contributed by atoms with E-state index in [4.69, 9.17) is 9.47 Å². The van der Waals surface area contributed by atoms with Crippen molar-refractivity contribution in [1.29, 1.82) is 0 Å². The molecule has 13 atom stereocenters. The molecule has 6 aliphatic rings.